The van der Waals surface area contributed by atoms with Gasteiger partial charge in [0.25, 0.3) is 0 Å². The molecular weight excluding hydrogens is 713 g/mol. The third kappa shape index (κ3) is 14.8. The maximum atomic E-state index is 6.97. The van der Waals surface area contributed by atoms with Gasteiger partial charge in [0.1, 0.15) is 11.5 Å². The molecule has 0 N–H and O–H groups in total. The van der Waals surface area contributed by atoms with E-state index >= 15 is 0 Å². The zero-order valence-electron chi connectivity index (χ0n) is 40.1. The second kappa shape index (κ2) is 22.7. The maximum absolute atomic E-state index is 6.97. The first-order chi connectivity index (χ1) is 27.6. The highest BCUT2D eigenvalue weighted by Gasteiger charge is 2.35. The molecule has 2 aliphatic heterocycles. The number of hydrogen-bond acceptors (Lipinski definition) is 4. The van der Waals surface area contributed by atoms with Crippen LogP contribution in [0.15, 0.2) is 24.3 Å². The van der Waals surface area contributed by atoms with Crippen LogP contribution in [0.25, 0.3) is 0 Å². The summed E-state index contributed by atoms with van der Waals surface area (Å²) in [6.07, 6.45) is 24.4. The number of aryl methyl sites for hydroxylation is 2. The van der Waals surface area contributed by atoms with Crippen molar-refractivity contribution >= 4 is 0 Å². The summed E-state index contributed by atoms with van der Waals surface area (Å²) < 4.78 is 25.2. The third-order valence-electron chi connectivity index (χ3n) is 13.7. The van der Waals surface area contributed by atoms with Crippen LogP contribution in [0.5, 0.6) is 11.5 Å². The maximum Gasteiger partial charge on any atom is 0.126 e. The van der Waals surface area contributed by atoms with Gasteiger partial charge in [-0.2, -0.15) is 0 Å². The van der Waals surface area contributed by atoms with Crippen molar-refractivity contribution in [2.24, 2.45) is 0 Å². The van der Waals surface area contributed by atoms with Gasteiger partial charge in [-0.15, -0.1) is 0 Å². The summed E-state index contributed by atoms with van der Waals surface area (Å²) >= 11 is 0. The molecule has 330 valence electrons. The van der Waals surface area contributed by atoms with Crippen molar-refractivity contribution < 1.29 is 18.9 Å². The molecule has 2 atom stereocenters. The Balaban J connectivity index is 1.82. The molecule has 0 aliphatic carbocycles. The van der Waals surface area contributed by atoms with Crippen LogP contribution in [0.4, 0.5) is 0 Å². The van der Waals surface area contributed by atoms with Gasteiger partial charge in [0.2, 0.25) is 0 Å². The predicted molar refractivity (Wildman–Crippen MR) is 249 cm³/mol. The van der Waals surface area contributed by atoms with Crippen LogP contribution in [-0.4, -0.2) is 38.6 Å². The van der Waals surface area contributed by atoms with Crippen molar-refractivity contribution in [3.8, 4) is 11.5 Å². The van der Waals surface area contributed by atoms with Gasteiger partial charge in [0.05, 0.1) is 38.6 Å². The number of hydrogen-bond donors (Lipinski definition) is 0. The van der Waals surface area contributed by atoms with Crippen molar-refractivity contribution in [1.82, 2.24) is 0 Å². The Kier molecular flexibility index (Phi) is 19.0. The summed E-state index contributed by atoms with van der Waals surface area (Å²) in [4.78, 5) is 0. The van der Waals surface area contributed by atoms with Crippen LogP contribution >= 0.6 is 0 Å². The number of epoxide rings is 2. The molecule has 2 heterocycles. The van der Waals surface area contributed by atoms with E-state index in [0.29, 0.717) is 12.2 Å². The van der Waals surface area contributed by atoms with E-state index in [4.69, 9.17) is 18.9 Å². The van der Waals surface area contributed by atoms with Crippen molar-refractivity contribution in [2.45, 2.75) is 245 Å². The molecule has 0 bridgehead atoms. The molecule has 0 saturated carbocycles. The van der Waals surface area contributed by atoms with Crippen molar-refractivity contribution in [1.29, 1.82) is 0 Å². The fraction of sp³-hybridized carbons (Fsp3) is 0.778. The van der Waals surface area contributed by atoms with Crippen molar-refractivity contribution in [3.05, 3.63) is 57.6 Å². The van der Waals surface area contributed by atoms with E-state index in [9.17, 15) is 0 Å². The molecule has 2 aliphatic rings. The Morgan fingerprint density at radius 2 is 0.707 bits per heavy atom. The number of ether oxygens (including phenoxy) is 4. The summed E-state index contributed by atoms with van der Waals surface area (Å²) in [6, 6.07) is 10.2. The molecule has 2 aromatic carbocycles. The van der Waals surface area contributed by atoms with E-state index in [-0.39, 0.29) is 21.7 Å². The normalized spacial score (nSPS) is 17.2. The average Bonchev–Trinajstić information content (AvgIpc) is 4.12. The SMILES string of the molecule is CCCCCC(C)(C)c1cc(CCc2cc(C(C)(C)CCCCC)c(OCCC3CO3)c(C(C)(C)CCCCC)c2)cc(C(C)(C)CCCCC)c1OCCC1CO1. The molecule has 58 heavy (non-hydrogen) atoms. The van der Waals surface area contributed by atoms with Gasteiger partial charge in [0, 0.05) is 35.1 Å². The van der Waals surface area contributed by atoms with E-state index in [1.165, 1.54) is 136 Å². The molecule has 2 saturated heterocycles. The molecular formula is C54H90O4. The first kappa shape index (κ1) is 48.6. The molecule has 0 aromatic heterocycles. The first-order valence-electron chi connectivity index (χ1n) is 24.4. The third-order valence-corrected chi connectivity index (χ3v) is 13.7. The highest BCUT2D eigenvalue weighted by Crippen LogP contribution is 2.47. The molecule has 2 aromatic rings. The van der Waals surface area contributed by atoms with Crippen molar-refractivity contribution in [3.63, 3.8) is 0 Å². The minimum absolute atomic E-state index is 0.0146. The average molecular weight is 803 g/mol. The van der Waals surface area contributed by atoms with Gasteiger partial charge in [-0.25, -0.2) is 0 Å². The lowest BCUT2D eigenvalue weighted by Gasteiger charge is -2.35. The molecule has 0 amide bonds. The molecule has 4 rings (SSSR count). The second-order valence-electron chi connectivity index (χ2n) is 21.1. The van der Waals surface area contributed by atoms with Gasteiger partial charge in [-0.3, -0.25) is 0 Å². The lowest BCUT2D eigenvalue weighted by molar-refractivity contribution is 0.266. The van der Waals surface area contributed by atoms with Gasteiger partial charge in [-0.05, 0) is 71.3 Å². The lowest BCUT2D eigenvalue weighted by atomic mass is 9.72. The smallest absolute Gasteiger partial charge is 0.126 e. The van der Waals surface area contributed by atoms with Gasteiger partial charge in [-0.1, -0.05) is 184 Å². The van der Waals surface area contributed by atoms with E-state index in [0.717, 1.165) is 63.6 Å². The monoisotopic (exact) mass is 803 g/mol. The molecule has 0 spiro atoms. The number of rotatable bonds is 31. The van der Waals surface area contributed by atoms with Gasteiger partial charge >= 0.3 is 0 Å². The van der Waals surface area contributed by atoms with E-state index in [1.54, 1.807) is 0 Å². The highest BCUT2D eigenvalue weighted by molar-refractivity contribution is 5.53. The van der Waals surface area contributed by atoms with Crippen LogP contribution in [0.3, 0.4) is 0 Å². The fourth-order valence-electron chi connectivity index (χ4n) is 9.14. The summed E-state index contributed by atoms with van der Waals surface area (Å²) in [6.45, 7) is 32.2. The van der Waals surface area contributed by atoms with Crippen LogP contribution in [0.2, 0.25) is 0 Å². The lowest BCUT2D eigenvalue weighted by Crippen LogP contribution is -2.25. The molecule has 4 heteroatoms. The quantitative estimate of drug-likeness (QED) is 0.0563. The largest absolute Gasteiger partial charge is 0.493 e. The minimum Gasteiger partial charge on any atom is -0.493 e. The van der Waals surface area contributed by atoms with Crippen molar-refractivity contribution in [2.75, 3.05) is 26.4 Å². The number of unbranched alkanes of at least 4 members (excludes halogenated alkanes) is 8. The van der Waals surface area contributed by atoms with E-state index in [1.807, 2.05) is 0 Å². The molecule has 2 fully saturated rings. The minimum atomic E-state index is 0.0146. The first-order valence-corrected chi connectivity index (χ1v) is 24.4. The highest BCUT2D eigenvalue weighted by atomic mass is 16.6. The van der Waals surface area contributed by atoms with Crippen LogP contribution in [0, 0.1) is 0 Å². The summed E-state index contributed by atoms with van der Waals surface area (Å²) in [5.74, 6) is 2.33. The zero-order chi connectivity index (χ0) is 42.4. The Bertz CT molecular complexity index is 1310. The Labute approximate surface area is 358 Å². The summed E-state index contributed by atoms with van der Waals surface area (Å²) in [7, 11) is 0. The van der Waals surface area contributed by atoms with Crippen LogP contribution in [-0.2, 0) is 44.0 Å². The Morgan fingerprint density at radius 1 is 0.448 bits per heavy atom. The van der Waals surface area contributed by atoms with Crippen LogP contribution < -0.4 is 9.47 Å². The van der Waals surface area contributed by atoms with E-state index < -0.39 is 0 Å². The molecule has 2 unspecified atom stereocenters. The molecule has 0 radical (unpaired) electrons. The fourth-order valence-corrected chi connectivity index (χ4v) is 9.14. The number of benzene rings is 2. The Morgan fingerprint density at radius 3 is 0.931 bits per heavy atom. The summed E-state index contributed by atoms with van der Waals surface area (Å²) in [5, 5.41) is 0. The topological polar surface area (TPSA) is 43.5 Å². The standard InChI is InChI=1S/C54H90O4/c1-13-17-21-29-51(5,6)45-35-41(36-46(52(7,8)30-22-18-14-2)49(45)55-33-27-43-39-57-43)25-26-42-37-47(53(9,10)31-23-19-15-3)50(56-34-28-44-40-58-44)48(38-42)54(11,12)32-24-20-16-4/h35-38,43-44H,13-34,39-40H2,1-12H3. The molecule has 4 nitrogen and oxygen atoms in total. The second-order valence-corrected chi connectivity index (χ2v) is 21.1. The Hall–Kier alpha value is -2.04. The van der Waals surface area contributed by atoms with E-state index in [2.05, 4.69) is 107 Å². The van der Waals surface area contributed by atoms with Crippen LogP contribution in [0.1, 0.15) is 232 Å². The zero-order valence-corrected chi connectivity index (χ0v) is 40.1. The van der Waals surface area contributed by atoms with Gasteiger partial charge in [0.15, 0.2) is 0 Å². The predicted octanol–water partition coefficient (Wildman–Crippen LogP) is 15.2. The van der Waals surface area contributed by atoms with Gasteiger partial charge < -0.3 is 18.9 Å². The summed E-state index contributed by atoms with van der Waals surface area (Å²) in [5.41, 5.74) is 8.61.